The predicted molar refractivity (Wildman–Crippen MR) is 77.1 cm³/mol. The van der Waals surface area contributed by atoms with Crippen LogP contribution in [0.3, 0.4) is 0 Å². The van der Waals surface area contributed by atoms with Crippen LogP contribution in [-0.2, 0) is 4.74 Å². The maximum Gasteiger partial charge on any atom is 0.276 e. The number of anilines is 2. The average Bonchev–Trinajstić information content (AvgIpc) is 2.86. The molecule has 1 aromatic rings. The average molecular weight is 280 g/mol. The zero-order valence-electron chi connectivity index (χ0n) is 11.8. The number of aromatic nitrogens is 1. The highest BCUT2D eigenvalue weighted by molar-refractivity contribution is 5.55. The summed E-state index contributed by atoms with van der Waals surface area (Å²) in [6.45, 7) is 2.59. The van der Waals surface area contributed by atoms with Crippen LogP contribution in [0.2, 0.25) is 0 Å². The van der Waals surface area contributed by atoms with Crippen molar-refractivity contribution < 1.29 is 9.66 Å². The van der Waals surface area contributed by atoms with E-state index in [0.717, 1.165) is 19.3 Å². The van der Waals surface area contributed by atoms with Crippen LogP contribution in [0, 0.1) is 10.1 Å². The Morgan fingerprint density at radius 1 is 1.45 bits per heavy atom. The molecule has 0 saturated heterocycles. The van der Waals surface area contributed by atoms with Crippen LogP contribution in [-0.4, -0.2) is 35.7 Å². The molecule has 2 unspecified atom stereocenters. The Hall–Kier alpha value is -1.89. The van der Waals surface area contributed by atoms with Crippen LogP contribution in [0.4, 0.5) is 17.3 Å². The number of nitrogens with zero attached hydrogens (tertiary/aromatic N) is 2. The van der Waals surface area contributed by atoms with Gasteiger partial charge < -0.3 is 15.4 Å². The highest BCUT2D eigenvalue weighted by atomic mass is 16.6. The van der Waals surface area contributed by atoms with Gasteiger partial charge in [-0.3, -0.25) is 10.1 Å². The van der Waals surface area contributed by atoms with Gasteiger partial charge in [-0.05, 0) is 26.2 Å². The van der Waals surface area contributed by atoms with Crippen molar-refractivity contribution in [3.8, 4) is 0 Å². The summed E-state index contributed by atoms with van der Waals surface area (Å²) in [4.78, 5) is 14.9. The number of pyridine rings is 1. The number of hydrogen-bond donors (Lipinski definition) is 2. The topological polar surface area (TPSA) is 89.3 Å². The summed E-state index contributed by atoms with van der Waals surface area (Å²) >= 11 is 0. The second kappa shape index (κ2) is 6.51. The van der Waals surface area contributed by atoms with Crippen LogP contribution in [0.5, 0.6) is 0 Å². The van der Waals surface area contributed by atoms with Crippen LogP contribution in [0.1, 0.15) is 26.2 Å². The molecule has 0 radical (unpaired) electrons. The molecule has 0 amide bonds. The van der Waals surface area contributed by atoms with Gasteiger partial charge in [-0.1, -0.05) is 0 Å². The first-order valence-electron chi connectivity index (χ1n) is 6.83. The molecule has 1 fully saturated rings. The Kier molecular flexibility index (Phi) is 4.73. The molecular formula is C13H20N4O3. The number of ether oxygens (including phenoxy) is 1. The van der Waals surface area contributed by atoms with Crippen molar-refractivity contribution in [2.45, 2.75) is 38.3 Å². The van der Waals surface area contributed by atoms with Gasteiger partial charge in [0.1, 0.15) is 11.6 Å². The van der Waals surface area contributed by atoms with Crippen molar-refractivity contribution in [2.75, 3.05) is 24.3 Å². The Labute approximate surface area is 117 Å². The first kappa shape index (κ1) is 14.5. The van der Waals surface area contributed by atoms with Gasteiger partial charge >= 0.3 is 0 Å². The summed E-state index contributed by atoms with van der Waals surface area (Å²) < 4.78 is 5.41. The van der Waals surface area contributed by atoms with Gasteiger partial charge in [0, 0.05) is 13.7 Å². The van der Waals surface area contributed by atoms with Crippen LogP contribution in [0.15, 0.2) is 12.1 Å². The molecule has 1 aromatic heterocycles. The third-order valence-electron chi connectivity index (χ3n) is 3.47. The molecule has 2 N–H and O–H groups in total. The molecule has 1 heterocycles. The standard InChI is InChI=1S/C13H20N4O3/c1-3-14-12-7-9(17(18)19)8-13(16-12)15-10-5-4-6-11(10)20-2/h7-8,10-11H,3-6H2,1-2H3,(H2,14,15,16). The zero-order chi connectivity index (χ0) is 14.5. The third kappa shape index (κ3) is 3.36. The first-order chi connectivity index (χ1) is 9.63. The monoisotopic (exact) mass is 280 g/mol. The van der Waals surface area contributed by atoms with E-state index in [9.17, 15) is 10.1 Å². The maximum atomic E-state index is 11.0. The highest BCUT2D eigenvalue weighted by Gasteiger charge is 2.27. The lowest BCUT2D eigenvalue weighted by Gasteiger charge is -2.20. The fraction of sp³-hybridized carbons (Fsp3) is 0.615. The van der Waals surface area contributed by atoms with Crippen LogP contribution in [0.25, 0.3) is 0 Å². The number of nitrogens with one attached hydrogen (secondary N) is 2. The van der Waals surface area contributed by atoms with Gasteiger partial charge in [-0.15, -0.1) is 0 Å². The fourth-order valence-corrected chi connectivity index (χ4v) is 2.53. The molecule has 20 heavy (non-hydrogen) atoms. The van der Waals surface area contributed by atoms with E-state index in [1.807, 2.05) is 6.92 Å². The fourth-order valence-electron chi connectivity index (χ4n) is 2.53. The van der Waals surface area contributed by atoms with E-state index in [1.165, 1.54) is 12.1 Å². The van der Waals surface area contributed by atoms with Crippen molar-refractivity contribution in [3.63, 3.8) is 0 Å². The molecule has 7 nitrogen and oxygen atoms in total. The zero-order valence-corrected chi connectivity index (χ0v) is 11.8. The molecule has 0 spiro atoms. The van der Waals surface area contributed by atoms with Gasteiger partial charge in [-0.25, -0.2) is 4.98 Å². The largest absolute Gasteiger partial charge is 0.379 e. The first-order valence-corrected chi connectivity index (χ1v) is 6.83. The Morgan fingerprint density at radius 3 is 2.85 bits per heavy atom. The molecule has 0 bridgehead atoms. The summed E-state index contributed by atoms with van der Waals surface area (Å²) in [6, 6.07) is 3.06. The van der Waals surface area contributed by atoms with E-state index in [2.05, 4.69) is 15.6 Å². The van der Waals surface area contributed by atoms with E-state index in [0.29, 0.717) is 18.2 Å². The van der Waals surface area contributed by atoms with Crippen molar-refractivity contribution >= 4 is 17.3 Å². The summed E-state index contributed by atoms with van der Waals surface area (Å²) in [5.41, 5.74) is 0.0328. The molecule has 0 aromatic carbocycles. The molecule has 7 heteroatoms. The predicted octanol–water partition coefficient (Wildman–Crippen LogP) is 2.40. The van der Waals surface area contributed by atoms with Gasteiger partial charge in [0.15, 0.2) is 0 Å². The summed E-state index contributed by atoms with van der Waals surface area (Å²) in [5, 5.41) is 17.2. The Balaban J connectivity index is 2.19. The summed E-state index contributed by atoms with van der Waals surface area (Å²) in [6.07, 6.45) is 3.21. The summed E-state index contributed by atoms with van der Waals surface area (Å²) in [5.74, 6) is 1.03. The van der Waals surface area contributed by atoms with Gasteiger partial charge in [0.05, 0.1) is 29.2 Å². The van der Waals surface area contributed by atoms with E-state index in [1.54, 1.807) is 7.11 Å². The van der Waals surface area contributed by atoms with Crippen molar-refractivity contribution in [3.05, 3.63) is 22.2 Å². The molecule has 1 aliphatic carbocycles. The number of nitro groups is 1. The lowest BCUT2D eigenvalue weighted by Crippen LogP contribution is -2.30. The SMILES string of the molecule is CCNc1cc([N+](=O)[O-])cc(NC2CCCC2OC)n1. The summed E-state index contributed by atoms with van der Waals surface area (Å²) in [7, 11) is 1.69. The van der Waals surface area contributed by atoms with Gasteiger partial charge in [-0.2, -0.15) is 0 Å². The van der Waals surface area contributed by atoms with Crippen molar-refractivity contribution in [1.82, 2.24) is 4.98 Å². The Bertz CT molecular complexity index is 481. The van der Waals surface area contributed by atoms with Crippen LogP contribution >= 0.6 is 0 Å². The highest BCUT2D eigenvalue weighted by Crippen LogP contribution is 2.27. The minimum Gasteiger partial charge on any atom is -0.379 e. The smallest absolute Gasteiger partial charge is 0.276 e. The lowest BCUT2D eigenvalue weighted by atomic mass is 10.2. The Morgan fingerprint density at radius 2 is 2.20 bits per heavy atom. The van der Waals surface area contributed by atoms with E-state index in [4.69, 9.17) is 4.74 Å². The molecule has 2 atom stereocenters. The maximum absolute atomic E-state index is 11.0. The van der Waals surface area contributed by atoms with Crippen molar-refractivity contribution in [2.24, 2.45) is 0 Å². The minimum atomic E-state index is -0.407. The molecule has 110 valence electrons. The minimum absolute atomic E-state index is 0.0328. The molecule has 2 rings (SSSR count). The van der Waals surface area contributed by atoms with Gasteiger partial charge in [0.25, 0.3) is 5.69 Å². The van der Waals surface area contributed by atoms with Gasteiger partial charge in [0.2, 0.25) is 0 Å². The van der Waals surface area contributed by atoms with E-state index >= 15 is 0 Å². The second-order valence-electron chi connectivity index (χ2n) is 4.84. The van der Waals surface area contributed by atoms with Crippen LogP contribution < -0.4 is 10.6 Å². The number of methoxy groups -OCH3 is 1. The lowest BCUT2D eigenvalue weighted by molar-refractivity contribution is -0.384. The molecule has 1 aliphatic rings. The number of hydrogen-bond acceptors (Lipinski definition) is 6. The molecule has 0 aliphatic heterocycles. The molecular weight excluding hydrogens is 260 g/mol. The second-order valence-corrected chi connectivity index (χ2v) is 4.84. The van der Waals surface area contributed by atoms with E-state index < -0.39 is 4.92 Å². The molecule has 1 saturated carbocycles. The quantitative estimate of drug-likeness (QED) is 0.614. The van der Waals surface area contributed by atoms with Crippen molar-refractivity contribution in [1.29, 1.82) is 0 Å². The third-order valence-corrected chi connectivity index (χ3v) is 3.47. The normalized spacial score (nSPS) is 21.7. The van der Waals surface area contributed by atoms with E-state index in [-0.39, 0.29) is 17.8 Å². The number of rotatable bonds is 6.